The summed E-state index contributed by atoms with van der Waals surface area (Å²) in [5.74, 6) is 1.31. The SMILES string of the molecule is CC(C)C[C@H](O)C1CC1. The summed E-state index contributed by atoms with van der Waals surface area (Å²) >= 11 is 0. The molecule has 1 aliphatic carbocycles. The Hall–Kier alpha value is -0.0400. The van der Waals surface area contributed by atoms with Crippen LogP contribution < -0.4 is 0 Å². The molecule has 1 aliphatic rings. The molecule has 0 bridgehead atoms. The quantitative estimate of drug-likeness (QED) is 0.614. The van der Waals surface area contributed by atoms with Gasteiger partial charge in [0.2, 0.25) is 0 Å². The van der Waals surface area contributed by atoms with Crippen molar-refractivity contribution >= 4 is 0 Å². The van der Waals surface area contributed by atoms with Gasteiger partial charge in [-0.25, -0.2) is 0 Å². The average molecular weight is 128 g/mol. The first-order valence-electron chi connectivity index (χ1n) is 3.88. The highest BCUT2D eigenvalue weighted by atomic mass is 16.3. The molecule has 0 amide bonds. The van der Waals surface area contributed by atoms with Crippen LogP contribution in [0.25, 0.3) is 0 Å². The van der Waals surface area contributed by atoms with Crippen molar-refractivity contribution in [1.82, 2.24) is 0 Å². The van der Waals surface area contributed by atoms with Crippen molar-refractivity contribution in [2.24, 2.45) is 11.8 Å². The summed E-state index contributed by atoms with van der Waals surface area (Å²) in [5.41, 5.74) is 0. The van der Waals surface area contributed by atoms with Gasteiger partial charge in [0, 0.05) is 0 Å². The topological polar surface area (TPSA) is 20.2 Å². The Morgan fingerprint density at radius 3 is 2.33 bits per heavy atom. The highest BCUT2D eigenvalue weighted by Crippen LogP contribution is 2.34. The molecule has 0 radical (unpaired) electrons. The van der Waals surface area contributed by atoms with Gasteiger partial charge in [-0.15, -0.1) is 0 Å². The van der Waals surface area contributed by atoms with E-state index in [2.05, 4.69) is 13.8 Å². The second-order valence-electron chi connectivity index (χ2n) is 3.53. The van der Waals surface area contributed by atoms with Crippen molar-refractivity contribution in [1.29, 1.82) is 0 Å². The van der Waals surface area contributed by atoms with Crippen LogP contribution in [0.4, 0.5) is 0 Å². The second kappa shape index (κ2) is 2.70. The fourth-order valence-electron chi connectivity index (χ4n) is 1.16. The maximum atomic E-state index is 9.36. The van der Waals surface area contributed by atoms with Gasteiger partial charge in [0.05, 0.1) is 6.10 Å². The molecule has 0 aromatic carbocycles. The summed E-state index contributed by atoms with van der Waals surface area (Å²) in [6.07, 6.45) is 3.51. The van der Waals surface area contributed by atoms with Gasteiger partial charge in [-0.05, 0) is 31.1 Å². The third-order valence-corrected chi connectivity index (χ3v) is 1.88. The number of aliphatic hydroxyl groups excluding tert-OH is 1. The minimum absolute atomic E-state index is 0.00463. The molecular weight excluding hydrogens is 112 g/mol. The summed E-state index contributed by atoms with van der Waals surface area (Å²) in [7, 11) is 0. The normalized spacial score (nSPS) is 22.7. The zero-order valence-corrected chi connectivity index (χ0v) is 6.30. The van der Waals surface area contributed by atoms with E-state index in [1.165, 1.54) is 12.8 Å². The Morgan fingerprint density at radius 1 is 1.44 bits per heavy atom. The minimum Gasteiger partial charge on any atom is -0.393 e. The number of hydrogen-bond acceptors (Lipinski definition) is 1. The lowest BCUT2D eigenvalue weighted by molar-refractivity contribution is 0.127. The molecular formula is C8H16O. The summed E-state index contributed by atoms with van der Waals surface area (Å²) in [6.45, 7) is 4.32. The summed E-state index contributed by atoms with van der Waals surface area (Å²) in [6, 6.07) is 0. The smallest absolute Gasteiger partial charge is 0.0570 e. The first-order chi connectivity index (χ1) is 4.20. The predicted molar refractivity (Wildman–Crippen MR) is 38.2 cm³/mol. The molecule has 1 heteroatoms. The monoisotopic (exact) mass is 128 g/mol. The van der Waals surface area contributed by atoms with E-state index in [0.717, 1.165) is 6.42 Å². The molecule has 0 spiro atoms. The van der Waals surface area contributed by atoms with Crippen molar-refractivity contribution in [3.63, 3.8) is 0 Å². The van der Waals surface area contributed by atoms with Crippen molar-refractivity contribution < 1.29 is 5.11 Å². The molecule has 54 valence electrons. The van der Waals surface area contributed by atoms with E-state index >= 15 is 0 Å². The van der Waals surface area contributed by atoms with Crippen LogP contribution in [0.2, 0.25) is 0 Å². The Kier molecular flexibility index (Phi) is 2.12. The van der Waals surface area contributed by atoms with Crippen LogP contribution in [0.3, 0.4) is 0 Å². The van der Waals surface area contributed by atoms with Gasteiger partial charge in [-0.1, -0.05) is 13.8 Å². The number of hydrogen-bond donors (Lipinski definition) is 1. The van der Waals surface area contributed by atoms with Crippen LogP contribution >= 0.6 is 0 Å². The molecule has 1 rings (SSSR count). The van der Waals surface area contributed by atoms with E-state index in [1.807, 2.05) is 0 Å². The maximum Gasteiger partial charge on any atom is 0.0570 e. The Labute approximate surface area is 57.1 Å². The summed E-state index contributed by atoms with van der Waals surface area (Å²) in [5, 5.41) is 9.36. The van der Waals surface area contributed by atoms with E-state index in [0.29, 0.717) is 11.8 Å². The van der Waals surface area contributed by atoms with Crippen LogP contribution in [0.5, 0.6) is 0 Å². The van der Waals surface area contributed by atoms with Crippen LogP contribution in [-0.4, -0.2) is 11.2 Å². The van der Waals surface area contributed by atoms with E-state index in [1.54, 1.807) is 0 Å². The first kappa shape index (κ1) is 7.07. The summed E-state index contributed by atoms with van der Waals surface area (Å²) < 4.78 is 0. The third kappa shape index (κ3) is 2.35. The van der Waals surface area contributed by atoms with Gasteiger partial charge in [0.15, 0.2) is 0 Å². The fraction of sp³-hybridized carbons (Fsp3) is 1.00. The lowest BCUT2D eigenvalue weighted by Gasteiger charge is -2.10. The molecule has 1 nitrogen and oxygen atoms in total. The molecule has 0 aliphatic heterocycles. The van der Waals surface area contributed by atoms with Crippen molar-refractivity contribution in [2.45, 2.75) is 39.2 Å². The molecule has 1 saturated carbocycles. The van der Waals surface area contributed by atoms with Crippen molar-refractivity contribution in [2.75, 3.05) is 0 Å². The van der Waals surface area contributed by atoms with Gasteiger partial charge >= 0.3 is 0 Å². The molecule has 1 atom stereocenters. The fourth-order valence-corrected chi connectivity index (χ4v) is 1.16. The lowest BCUT2D eigenvalue weighted by atomic mass is 10.0. The molecule has 1 fully saturated rings. The largest absolute Gasteiger partial charge is 0.393 e. The minimum atomic E-state index is 0.00463. The molecule has 0 aromatic heterocycles. The van der Waals surface area contributed by atoms with E-state index in [4.69, 9.17) is 0 Å². The van der Waals surface area contributed by atoms with E-state index < -0.39 is 0 Å². The van der Waals surface area contributed by atoms with Crippen LogP contribution in [0.1, 0.15) is 33.1 Å². The number of aliphatic hydroxyl groups is 1. The Bertz CT molecular complexity index is 84.6. The predicted octanol–water partition coefficient (Wildman–Crippen LogP) is 1.80. The van der Waals surface area contributed by atoms with Gasteiger partial charge in [0.25, 0.3) is 0 Å². The Balaban J connectivity index is 2.10. The maximum absolute atomic E-state index is 9.36. The molecule has 0 aromatic rings. The van der Waals surface area contributed by atoms with Crippen LogP contribution in [-0.2, 0) is 0 Å². The van der Waals surface area contributed by atoms with Crippen LogP contribution in [0.15, 0.2) is 0 Å². The Morgan fingerprint density at radius 2 is 2.00 bits per heavy atom. The second-order valence-corrected chi connectivity index (χ2v) is 3.53. The molecule has 0 heterocycles. The van der Waals surface area contributed by atoms with Crippen molar-refractivity contribution in [3.8, 4) is 0 Å². The first-order valence-corrected chi connectivity index (χ1v) is 3.88. The third-order valence-electron chi connectivity index (χ3n) is 1.88. The van der Waals surface area contributed by atoms with Gasteiger partial charge in [-0.2, -0.15) is 0 Å². The highest BCUT2D eigenvalue weighted by molar-refractivity contribution is 4.81. The van der Waals surface area contributed by atoms with E-state index in [-0.39, 0.29) is 6.10 Å². The zero-order valence-electron chi connectivity index (χ0n) is 6.30. The van der Waals surface area contributed by atoms with Gasteiger partial charge in [-0.3, -0.25) is 0 Å². The summed E-state index contributed by atoms with van der Waals surface area (Å²) in [4.78, 5) is 0. The van der Waals surface area contributed by atoms with Crippen LogP contribution in [0, 0.1) is 11.8 Å². The van der Waals surface area contributed by atoms with E-state index in [9.17, 15) is 5.11 Å². The molecule has 0 saturated heterocycles. The molecule has 9 heavy (non-hydrogen) atoms. The average Bonchev–Trinajstić information content (AvgIpc) is 2.40. The van der Waals surface area contributed by atoms with Gasteiger partial charge in [0.1, 0.15) is 0 Å². The lowest BCUT2D eigenvalue weighted by Crippen LogP contribution is -2.11. The molecule has 1 N–H and O–H groups in total. The molecule has 0 unspecified atom stereocenters. The van der Waals surface area contributed by atoms with Gasteiger partial charge < -0.3 is 5.11 Å². The number of rotatable bonds is 3. The zero-order chi connectivity index (χ0) is 6.85. The highest BCUT2D eigenvalue weighted by Gasteiger charge is 2.29. The van der Waals surface area contributed by atoms with Crippen molar-refractivity contribution in [3.05, 3.63) is 0 Å². The standard InChI is InChI=1S/C8H16O/c1-6(2)5-8(9)7-3-4-7/h6-9H,3-5H2,1-2H3/t8-/m0/s1.